The first kappa shape index (κ1) is 25.7. The van der Waals surface area contributed by atoms with Crippen LogP contribution in [-0.4, -0.2) is 47.2 Å². The van der Waals surface area contributed by atoms with Crippen LogP contribution in [0.15, 0.2) is 42.5 Å². The first-order valence-electron chi connectivity index (χ1n) is 11.2. The molecule has 11 nitrogen and oxygen atoms in total. The van der Waals surface area contributed by atoms with E-state index in [0.29, 0.717) is 6.42 Å². The van der Waals surface area contributed by atoms with Crippen molar-refractivity contribution in [3.05, 3.63) is 78.8 Å². The van der Waals surface area contributed by atoms with E-state index in [1.54, 1.807) is 0 Å². The van der Waals surface area contributed by atoms with E-state index >= 15 is 0 Å². The van der Waals surface area contributed by atoms with Crippen molar-refractivity contribution < 1.29 is 24.2 Å². The van der Waals surface area contributed by atoms with Gasteiger partial charge in [-0.15, -0.1) is 0 Å². The zero-order chi connectivity index (χ0) is 26.8. The van der Waals surface area contributed by atoms with Crippen molar-refractivity contribution in [3.63, 3.8) is 0 Å². The standard InChI is InChI=1S/C23H17Br2ClN4O7/c24-19-14-8-15(20(19)25)18-17(14)22(32)28(23(18)33)27(9-11-1-4-12(26)7-16(11)30(36)37)21(31)10-2-5-13(6-3-10)29(34)35/h1-7,14-15,17-20H,8-9H2/t14-,15-,17-,18+,19-,20+/m1/s1. The molecule has 2 aliphatic carbocycles. The number of hydrogen-bond acceptors (Lipinski definition) is 7. The molecule has 192 valence electrons. The fourth-order valence-electron chi connectivity index (χ4n) is 5.68. The van der Waals surface area contributed by atoms with Crippen molar-refractivity contribution in [2.45, 2.75) is 22.6 Å². The van der Waals surface area contributed by atoms with Crippen LogP contribution in [0.3, 0.4) is 0 Å². The second-order valence-corrected chi connectivity index (χ2v) is 11.7. The summed E-state index contributed by atoms with van der Waals surface area (Å²) in [6.07, 6.45) is 0.686. The Labute approximate surface area is 231 Å². The van der Waals surface area contributed by atoms with Crippen molar-refractivity contribution >= 4 is 72.6 Å². The monoisotopic (exact) mass is 654 g/mol. The number of carbonyl (C=O) groups is 3. The second kappa shape index (κ2) is 9.44. The van der Waals surface area contributed by atoms with Gasteiger partial charge in [0.15, 0.2) is 0 Å². The van der Waals surface area contributed by atoms with Gasteiger partial charge in [-0.2, -0.15) is 5.01 Å². The Morgan fingerprint density at radius 1 is 0.973 bits per heavy atom. The lowest BCUT2D eigenvalue weighted by Gasteiger charge is -2.31. The third-order valence-corrected chi connectivity index (χ3v) is 10.8. The molecule has 0 unspecified atom stereocenters. The molecule has 3 amide bonds. The molecule has 0 aromatic heterocycles. The van der Waals surface area contributed by atoms with Crippen LogP contribution in [0.1, 0.15) is 22.3 Å². The van der Waals surface area contributed by atoms with Crippen molar-refractivity contribution in [3.8, 4) is 0 Å². The molecule has 14 heteroatoms. The molecule has 6 atom stereocenters. The van der Waals surface area contributed by atoms with Crippen molar-refractivity contribution in [2.75, 3.05) is 0 Å². The smallest absolute Gasteiger partial charge is 0.272 e. The van der Waals surface area contributed by atoms with Crippen LogP contribution in [0, 0.1) is 43.9 Å². The predicted molar refractivity (Wildman–Crippen MR) is 137 cm³/mol. The molecule has 0 N–H and O–H groups in total. The van der Waals surface area contributed by atoms with Crippen molar-refractivity contribution in [2.24, 2.45) is 23.7 Å². The average Bonchev–Trinajstić information content (AvgIpc) is 3.48. The molecule has 0 radical (unpaired) electrons. The number of non-ortho nitro benzene ring substituents is 1. The molecule has 2 saturated carbocycles. The molecule has 2 aromatic carbocycles. The molecule has 1 aliphatic heterocycles. The number of carbonyl (C=O) groups excluding carboxylic acids is 3. The highest BCUT2D eigenvalue weighted by atomic mass is 79.9. The van der Waals surface area contributed by atoms with Gasteiger partial charge < -0.3 is 0 Å². The molecule has 2 aromatic rings. The number of rotatable bonds is 6. The SMILES string of the molecule is O=C(c1ccc([N+](=O)[O-])cc1)N(Cc1ccc(Cl)cc1[N+](=O)[O-])N1C(=O)[C@@H]2[C@H]3C[C@@H]([C@H](Br)[C@@H]3Br)[C@@H]2C1=O. The molecule has 3 aliphatic rings. The summed E-state index contributed by atoms with van der Waals surface area (Å²) in [5.41, 5.74) is -0.599. The summed E-state index contributed by atoms with van der Waals surface area (Å²) in [7, 11) is 0. The maximum atomic E-state index is 13.7. The number of fused-ring (bicyclic) bond motifs is 5. The van der Waals surface area contributed by atoms with E-state index in [4.69, 9.17) is 11.6 Å². The summed E-state index contributed by atoms with van der Waals surface area (Å²) in [5, 5.41) is 24.5. The van der Waals surface area contributed by atoms with E-state index in [1.807, 2.05) is 0 Å². The fraction of sp³-hybridized carbons (Fsp3) is 0.348. The molecule has 5 rings (SSSR count). The third kappa shape index (κ3) is 4.12. The number of halogens is 3. The molecular weight excluding hydrogens is 640 g/mol. The number of amides is 3. The normalized spacial score (nSPS) is 27.9. The van der Waals surface area contributed by atoms with E-state index in [-0.39, 0.29) is 49.0 Å². The number of hydrogen-bond donors (Lipinski definition) is 0. The van der Waals surface area contributed by atoms with Crippen molar-refractivity contribution in [1.29, 1.82) is 0 Å². The van der Waals surface area contributed by atoms with Gasteiger partial charge in [-0.25, -0.2) is 5.01 Å². The molecule has 2 bridgehead atoms. The summed E-state index contributed by atoms with van der Waals surface area (Å²) in [6, 6.07) is 8.57. The van der Waals surface area contributed by atoms with Crippen LogP contribution in [0.4, 0.5) is 11.4 Å². The quantitative estimate of drug-likeness (QED) is 0.193. The summed E-state index contributed by atoms with van der Waals surface area (Å²) in [6.45, 7) is -0.467. The van der Waals surface area contributed by atoms with Crippen LogP contribution in [0.5, 0.6) is 0 Å². The number of imide groups is 1. The van der Waals surface area contributed by atoms with E-state index in [2.05, 4.69) is 31.9 Å². The van der Waals surface area contributed by atoms with E-state index in [1.165, 1.54) is 24.3 Å². The molecule has 1 saturated heterocycles. The minimum absolute atomic E-state index is 0.0216. The largest absolute Gasteiger partial charge is 0.275 e. The third-order valence-electron chi connectivity index (χ3n) is 7.33. The van der Waals surface area contributed by atoms with Gasteiger partial charge in [0.05, 0.1) is 33.8 Å². The summed E-state index contributed by atoms with van der Waals surface area (Å²) < 4.78 is 0. The maximum absolute atomic E-state index is 13.7. The van der Waals surface area contributed by atoms with Crippen LogP contribution < -0.4 is 0 Å². The molecular formula is C23H17Br2ClN4O7. The zero-order valence-corrected chi connectivity index (χ0v) is 22.6. The maximum Gasteiger partial charge on any atom is 0.275 e. The number of nitro groups is 2. The Morgan fingerprint density at radius 2 is 1.54 bits per heavy atom. The highest BCUT2D eigenvalue weighted by molar-refractivity contribution is 9.12. The lowest BCUT2D eigenvalue weighted by molar-refractivity contribution is -0.385. The van der Waals surface area contributed by atoms with Crippen LogP contribution in [0.25, 0.3) is 0 Å². The summed E-state index contributed by atoms with van der Waals surface area (Å²) in [5.74, 6) is -3.36. The van der Waals surface area contributed by atoms with Gasteiger partial charge in [-0.05, 0) is 42.5 Å². The topological polar surface area (TPSA) is 144 Å². The van der Waals surface area contributed by atoms with Gasteiger partial charge in [0.25, 0.3) is 29.1 Å². The lowest BCUT2D eigenvalue weighted by Crippen LogP contribution is -2.50. The Kier molecular flexibility index (Phi) is 6.57. The van der Waals surface area contributed by atoms with Gasteiger partial charge in [0.1, 0.15) is 0 Å². The van der Waals surface area contributed by atoms with Crippen LogP contribution in [-0.2, 0) is 16.1 Å². The van der Waals surface area contributed by atoms with E-state index in [9.17, 15) is 34.6 Å². The van der Waals surface area contributed by atoms with Gasteiger partial charge in [-0.1, -0.05) is 43.5 Å². The van der Waals surface area contributed by atoms with Gasteiger partial charge in [0.2, 0.25) is 0 Å². The first-order chi connectivity index (χ1) is 17.5. The van der Waals surface area contributed by atoms with Crippen LogP contribution in [0.2, 0.25) is 5.02 Å². The first-order valence-corrected chi connectivity index (χ1v) is 13.4. The fourth-order valence-corrected chi connectivity index (χ4v) is 7.72. The number of nitrogens with zero attached hydrogens (tertiary/aromatic N) is 4. The number of benzene rings is 2. The minimum Gasteiger partial charge on any atom is -0.272 e. The highest BCUT2D eigenvalue weighted by Gasteiger charge is 2.67. The Bertz CT molecular complexity index is 1330. The summed E-state index contributed by atoms with van der Waals surface area (Å²) >= 11 is 13.2. The number of alkyl halides is 2. The lowest BCUT2D eigenvalue weighted by atomic mass is 9.81. The van der Waals surface area contributed by atoms with E-state index in [0.717, 1.165) is 28.2 Å². The van der Waals surface area contributed by atoms with Gasteiger partial charge in [-0.3, -0.25) is 34.6 Å². The van der Waals surface area contributed by atoms with Gasteiger partial charge >= 0.3 is 0 Å². The Hall–Kier alpha value is -2.90. The summed E-state index contributed by atoms with van der Waals surface area (Å²) in [4.78, 5) is 62.4. The molecule has 37 heavy (non-hydrogen) atoms. The Balaban J connectivity index is 1.56. The van der Waals surface area contributed by atoms with E-state index < -0.39 is 45.9 Å². The molecule has 1 heterocycles. The number of nitro benzene ring substituents is 2. The van der Waals surface area contributed by atoms with Crippen LogP contribution >= 0.6 is 43.5 Å². The van der Waals surface area contributed by atoms with Gasteiger partial charge in [0, 0.05) is 38.4 Å². The highest BCUT2D eigenvalue weighted by Crippen LogP contribution is 2.60. The minimum atomic E-state index is -0.807. The predicted octanol–water partition coefficient (Wildman–Crippen LogP) is 4.49. The molecule has 0 spiro atoms. The Morgan fingerprint density at radius 3 is 2.05 bits per heavy atom. The second-order valence-electron chi connectivity index (χ2n) is 9.19. The average molecular weight is 657 g/mol. The zero-order valence-electron chi connectivity index (χ0n) is 18.7. The number of hydrazine groups is 1. The van der Waals surface area contributed by atoms with Crippen molar-refractivity contribution in [1.82, 2.24) is 10.0 Å². The molecule has 3 fully saturated rings.